The highest BCUT2D eigenvalue weighted by Crippen LogP contribution is 2.29. The van der Waals surface area contributed by atoms with Crippen molar-refractivity contribution in [2.24, 2.45) is 0 Å². The Morgan fingerprint density at radius 3 is 2.60 bits per heavy atom. The zero-order chi connectivity index (χ0) is 28.4. The van der Waals surface area contributed by atoms with Crippen LogP contribution in [0.15, 0.2) is 60.9 Å². The standard InChI is InChI=1S/C30H40N4O6/c1-24-17-31-34(18-24)12-7-15-39-27-11-10-25(16-28(27)38-3)19-32-13-14-33(29(35)20-37-2)22-30(36,21-32)23-40-26-8-5-4-6-9-26/h4-6,8-11,16-18,36H,7,12-15,19-23H2,1-3H3. The van der Waals surface area contributed by atoms with Crippen LogP contribution < -0.4 is 14.2 Å². The zero-order valence-corrected chi connectivity index (χ0v) is 23.6. The molecule has 3 aromatic rings. The maximum absolute atomic E-state index is 12.7. The van der Waals surface area contributed by atoms with Crippen LogP contribution in [0.1, 0.15) is 17.5 Å². The predicted octanol–water partition coefficient (Wildman–Crippen LogP) is 2.77. The van der Waals surface area contributed by atoms with E-state index in [1.54, 1.807) is 12.0 Å². The number of aryl methyl sites for hydroxylation is 2. The van der Waals surface area contributed by atoms with E-state index in [4.69, 9.17) is 18.9 Å². The molecule has 10 heteroatoms. The predicted molar refractivity (Wildman–Crippen MR) is 151 cm³/mol. The molecule has 2 heterocycles. The number of rotatable bonds is 13. The van der Waals surface area contributed by atoms with Crippen molar-refractivity contribution >= 4 is 5.91 Å². The van der Waals surface area contributed by atoms with Crippen molar-refractivity contribution < 1.29 is 28.8 Å². The summed E-state index contributed by atoms with van der Waals surface area (Å²) in [5.74, 6) is 1.85. The molecule has 0 spiro atoms. The topological polar surface area (TPSA) is 98.5 Å². The number of amides is 1. The van der Waals surface area contributed by atoms with Crippen LogP contribution in [0.3, 0.4) is 0 Å². The lowest BCUT2D eigenvalue weighted by atomic mass is 10.0. The van der Waals surface area contributed by atoms with Gasteiger partial charge in [0.1, 0.15) is 24.6 Å². The molecular weight excluding hydrogens is 512 g/mol. The lowest BCUT2D eigenvalue weighted by Crippen LogP contribution is -2.52. The van der Waals surface area contributed by atoms with Gasteiger partial charge in [-0.2, -0.15) is 5.10 Å². The lowest BCUT2D eigenvalue weighted by molar-refractivity contribution is -0.138. The van der Waals surface area contributed by atoms with Gasteiger partial charge in [-0.1, -0.05) is 24.3 Å². The van der Waals surface area contributed by atoms with E-state index in [-0.39, 0.29) is 25.7 Å². The average Bonchev–Trinajstić information content (AvgIpc) is 3.29. The average molecular weight is 553 g/mol. The monoisotopic (exact) mass is 552 g/mol. The summed E-state index contributed by atoms with van der Waals surface area (Å²) in [5.41, 5.74) is 0.883. The molecular formula is C30H40N4O6. The number of hydrogen-bond acceptors (Lipinski definition) is 8. The number of hydrogen-bond donors (Lipinski definition) is 1. The largest absolute Gasteiger partial charge is 0.493 e. The normalized spacial score (nSPS) is 17.9. The molecule has 1 aromatic heterocycles. The summed E-state index contributed by atoms with van der Waals surface area (Å²) in [4.78, 5) is 16.5. The van der Waals surface area contributed by atoms with Gasteiger partial charge in [0.05, 0.1) is 26.5 Å². The highest BCUT2D eigenvalue weighted by Gasteiger charge is 2.37. The number of β-amino-alcohol motifs (C(OH)–C–C–N with tert-alkyl or cyclic N) is 1. The lowest BCUT2D eigenvalue weighted by Gasteiger charge is -2.33. The maximum atomic E-state index is 12.7. The van der Waals surface area contributed by atoms with Crippen LogP contribution in [0.5, 0.6) is 17.2 Å². The number of carbonyl (C=O) groups is 1. The van der Waals surface area contributed by atoms with Crippen molar-refractivity contribution in [1.29, 1.82) is 0 Å². The van der Waals surface area contributed by atoms with E-state index in [9.17, 15) is 9.90 Å². The number of nitrogens with zero attached hydrogens (tertiary/aromatic N) is 4. The minimum absolute atomic E-state index is 0.0319. The Morgan fingerprint density at radius 1 is 1.05 bits per heavy atom. The number of aliphatic hydroxyl groups is 1. The minimum atomic E-state index is -1.27. The van der Waals surface area contributed by atoms with E-state index in [1.807, 2.05) is 72.5 Å². The molecule has 10 nitrogen and oxygen atoms in total. The SMILES string of the molecule is COCC(=O)N1CCN(Cc2ccc(OCCCn3cc(C)cn3)c(OC)c2)CC(O)(COc2ccccc2)C1. The number of ether oxygens (including phenoxy) is 4. The molecule has 1 fully saturated rings. The summed E-state index contributed by atoms with van der Waals surface area (Å²) in [6.45, 7) is 5.50. The fraction of sp³-hybridized carbons (Fsp3) is 0.467. The molecule has 1 aliphatic heterocycles. The van der Waals surface area contributed by atoms with Crippen LogP contribution in [-0.2, 0) is 22.6 Å². The Morgan fingerprint density at radius 2 is 1.88 bits per heavy atom. The Hall–Kier alpha value is -3.60. The van der Waals surface area contributed by atoms with E-state index in [0.29, 0.717) is 50.0 Å². The first kappa shape index (κ1) is 29.4. The third kappa shape index (κ3) is 8.45. The van der Waals surface area contributed by atoms with Gasteiger partial charge in [-0.25, -0.2) is 0 Å². The van der Waals surface area contributed by atoms with Crippen LogP contribution in [-0.4, -0.2) is 96.4 Å². The smallest absolute Gasteiger partial charge is 0.248 e. The number of aromatic nitrogens is 2. The Labute approximate surface area is 236 Å². The summed E-state index contributed by atoms with van der Waals surface area (Å²) in [7, 11) is 3.12. The molecule has 1 aliphatic rings. The number of carbonyl (C=O) groups excluding carboxylic acids is 1. The van der Waals surface area contributed by atoms with Crippen molar-refractivity contribution in [1.82, 2.24) is 19.6 Å². The molecule has 0 saturated carbocycles. The number of methoxy groups -OCH3 is 2. The molecule has 1 N–H and O–H groups in total. The van der Waals surface area contributed by atoms with Crippen molar-refractivity contribution in [2.75, 3.05) is 60.2 Å². The molecule has 1 amide bonds. The molecule has 40 heavy (non-hydrogen) atoms. The van der Waals surface area contributed by atoms with Gasteiger partial charge in [0.25, 0.3) is 0 Å². The van der Waals surface area contributed by atoms with Crippen LogP contribution in [0.4, 0.5) is 0 Å². The molecule has 216 valence electrons. The fourth-order valence-corrected chi connectivity index (χ4v) is 4.82. The molecule has 2 aromatic carbocycles. The van der Waals surface area contributed by atoms with Gasteiger partial charge in [0, 0.05) is 52.5 Å². The summed E-state index contributed by atoms with van der Waals surface area (Å²) >= 11 is 0. The van der Waals surface area contributed by atoms with Gasteiger partial charge < -0.3 is 29.0 Å². The summed E-state index contributed by atoms with van der Waals surface area (Å²) in [6.07, 6.45) is 4.68. The summed E-state index contributed by atoms with van der Waals surface area (Å²) in [6, 6.07) is 15.3. The summed E-state index contributed by atoms with van der Waals surface area (Å²) < 4.78 is 24.5. The molecule has 1 atom stereocenters. The van der Waals surface area contributed by atoms with Crippen LogP contribution in [0.2, 0.25) is 0 Å². The first-order valence-corrected chi connectivity index (χ1v) is 13.6. The quantitative estimate of drug-likeness (QED) is 0.324. The zero-order valence-electron chi connectivity index (χ0n) is 23.6. The second kappa shape index (κ2) is 14.2. The maximum Gasteiger partial charge on any atom is 0.248 e. The first-order valence-electron chi connectivity index (χ1n) is 13.6. The second-order valence-electron chi connectivity index (χ2n) is 10.3. The number of para-hydroxylation sites is 1. The Kier molecular flexibility index (Phi) is 10.4. The van der Waals surface area contributed by atoms with E-state index in [0.717, 1.165) is 24.1 Å². The molecule has 0 bridgehead atoms. The van der Waals surface area contributed by atoms with Gasteiger partial charge in [-0.15, -0.1) is 0 Å². The molecule has 1 unspecified atom stereocenters. The van der Waals surface area contributed by atoms with Gasteiger partial charge >= 0.3 is 0 Å². The van der Waals surface area contributed by atoms with Crippen LogP contribution in [0.25, 0.3) is 0 Å². The fourth-order valence-electron chi connectivity index (χ4n) is 4.82. The van der Waals surface area contributed by atoms with E-state index in [2.05, 4.69) is 10.00 Å². The van der Waals surface area contributed by atoms with Crippen molar-refractivity contribution in [3.63, 3.8) is 0 Å². The molecule has 1 saturated heterocycles. The Bertz CT molecular complexity index is 1220. The van der Waals surface area contributed by atoms with E-state index < -0.39 is 5.60 Å². The van der Waals surface area contributed by atoms with E-state index >= 15 is 0 Å². The van der Waals surface area contributed by atoms with Crippen molar-refractivity contribution in [2.45, 2.75) is 32.0 Å². The van der Waals surface area contributed by atoms with Gasteiger partial charge in [0.2, 0.25) is 5.91 Å². The highest BCUT2D eigenvalue weighted by atomic mass is 16.5. The van der Waals surface area contributed by atoms with Crippen LogP contribution in [0, 0.1) is 6.92 Å². The van der Waals surface area contributed by atoms with Gasteiger partial charge in [-0.05, 0) is 42.3 Å². The third-order valence-corrected chi connectivity index (χ3v) is 6.75. The van der Waals surface area contributed by atoms with Crippen LogP contribution >= 0.6 is 0 Å². The summed E-state index contributed by atoms with van der Waals surface area (Å²) in [5, 5.41) is 16.0. The second-order valence-corrected chi connectivity index (χ2v) is 10.3. The third-order valence-electron chi connectivity index (χ3n) is 6.75. The van der Waals surface area contributed by atoms with E-state index in [1.165, 1.54) is 7.11 Å². The molecule has 0 aliphatic carbocycles. The Balaban J connectivity index is 1.40. The van der Waals surface area contributed by atoms with Gasteiger partial charge in [0.15, 0.2) is 11.5 Å². The van der Waals surface area contributed by atoms with Crippen molar-refractivity contribution in [3.05, 3.63) is 72.1 Å². The first-order chi connectivity index (χ1) is 19.4. The number of benzene rings is 2. The minimum Gasteiger partial charge on any atom is -0.493 e. The van der Waals surface area contributed by atoms with Crippen molar-refractivity contribution in [3.8, 4) is 17.2 Å². The molecule has 0 radical (unpaired) electrons. The highest BCUT2D eigenvalue weighted by molar-refractivity contribution is 5.77. The molecule has 4 rings (SSSR count). The van der Waals surface area contributed by atoms with Gasteiger partial charge in [-0.3, -0.25) is 14.4 Å².